The van der Waals surface area contributed by atoms with Gasteiger partial charge in [0, 0.05) is 34.0 Å². The summed E-state index contributed by atoms with van der Waals surface area (Å²) >= 11 is 0. The number of aryl methyl sites for hydroxylation is 1. The molecule has 1 aromatic heterocycles. The molecule has 0 bridgehead atoms. The first-order valence-electron chi connectivity index (χ1n) is 19.1. The van der Waals surface area contributed by atoms with Gasteiger partial charge in [0.15, 0.2) is 0 Å². The Morgan fingerprint density at radius 1 is 0.882 bits per heavy atom. The number of aliphatic imine (C=N–C) groups is 1. The van der Waals surface area contributed by atoms with Gasteiger partial charge in [-0.15, -0.1) is 0 Å². The molecule has 3 aliphatic heterocycles. The Labute approximate surface area is 303 Å². The Morgan fingerprint density at radius 3 is 2.37 bits per heavy atom. The van der Waals surface area contributed by atoms with Crippen molar-refractivity contribution in [3.63, 3.8) is 0 Å². The van der Waals surface area contributed by atoms with E-state index in [2.05, 4.69) is 136 Å². The number of rotatable bonds is 7. The maximum Gasteiger partial charge on any atom is 0.137 e. The number of nitrogens with zero attached hydrogens (tertiary/aromatic N) is 3. The largest absolute Gasteiger partial charge is 0.456 e. The van der Waals surface area contributed by atoms with Crippen molar-refractivity contribution >= 4 is 44.7 Å². The first-order valence-corrected chi connectivity index (χ1v) is 19.1. The van der Waals surface area contributed by atoms with Crippen LogP contribution in [0.4, 0.5) is 17.1 Å². The van der Waals surface area contributed by atoms with E-state index in [1.165, 1.54) is 50.6 Å². The molecule has 0 N–H and O–H groups in total. The van der Waals surface area contributed by atoms with E-state index in [0.717, 1.165) is 65.3 Å². The quantitative estimate of drug-likeness (QED) is 0.127. The molecule has 0 saturated carbocycles. The van der Waals surface area contributed by atoms with E-state index in [1.807, 2.05) is 0 Å². The maximum absolute atomic E-state index is 6.56. The molecule has 0 aliphatic carbocycles. The van der Waals surface area contributed by atoms with Crippen molar-refractivity contribution in [2.24, 2.45) is 10.9 Å². The normalized spacial score (nSPS) is 21.0. The van der Waals surface area contributed by atoms with Crippen molar-refractivity contribution in [3.05, 3.63) is 137 Å². The average molecular weight is 674 g/mol. The lowest BCUT2D eigenvalue weighted by Gasteiger charge is -2.41. The number of hydrogen-bond acceptors (Lipinski definition) is 4. The average Bonchev–Trinajstić information content (AvgIpc) is 3.69. The van der Waals surface area contributed by atoms with Crippen molar-refractivity contribution in [3.8, 4) is 0 Å². The molecule has 0 fully saturated rings. The molecule has 3 aliphatic rings. The van der Waals surface area contributed by atoms with Crippen LogP contribution in [-0.2, 0) is 6.42 Å². The van der Waals surface area contributed by atoms with E-state index in [-0.39, 0.29) is 24.0 Å². The van der Waals surface area contributed by atoms with Gasteiger partial charge in [-0.2, -0.15) is 0 Å². The lowest BCUT2D eigenvalue weighted by Crippen LogP contribution is -2.39. The van der Waals surface area contributed by atoms with E-state index in [0.29, 0.717) is 5.92 Å². The highest BCUT2D eigenvalue weighted by atomic mass is 16.3. The zero-order valence-electron chi connectivity index (χ0n) is 31.2. The number of fused-ring (bicyclic) bond motifs is 10. The van der Waals surface area contributed by atoms with E-state index in [9.17, 15) is 0 Å². The minimum absolute atomic E-state index is 0.0922. The van der Waals surface area contributed by atoms with Crippen LogP contribution in [-0.4, -0.2) is 11.8 Å². The Bertz CT molecular complexity index is 2240. The third-order valence-corrected chi connectivity index (χ3v) is 11.8. The summed E-state index contributed by atoms with van der Waals surface area (Å²) < 4.78 is 6.56. The molecule has 4 heterocycles. The minimum Gasteiger partial charge on any atom is -0.456 e. The maximum atomic E-state index is 6.56. The third-order valence-electron chi connectivity index (χ3n) is 11.8. The summed E-state index contributed by atoms with van der Waals surface area (Å²) in [6.07, 6.45) is 8.95. The van der Waals surface area contributed by atoms with Crippen LogP contribution in [0, 0.1) is 5.92 Å². The summed E-state index contributed by atoms with van der Waals surface area (Å²) in [6.45, 7) is 23.4. The van der Waals surface area contributed by atoms with Gasteiger partial charge in [-0.05, 0) is 95.7 Å². The lowest BCUT2D eigenvalue weighted by atomic mass is 9.82. The fourth-order valence-electron chi connectivity index (χ4n) is 9.09. The van der Waals surface area contributed by atoms with Crippen LogP contribution < -0.4 is 9.80 Å². The van der Waals surface area contributed by atoms with Gasteiger partial charge in [-0.3, -0.25) is 4.99 Å². The summed E-state index contributed by atoms with van der Waals surface area (Å²) in [5, 5.41) is 2.31. The third kappa shape index (κ3) is 5.21. The van der Waals surface area contributed by atoms with Crippen LogP contribution in [0.3, 0.4) is 0 Å². The second-order valence-electron chi connectivity index (χ2n) is 15.0. The number of hydrogen-bond donors (Lipinski definition) is 0. The Balaban J connectivity index is 1.47. The first-order chi connectivity index (χ1) is 24.8. The van der Waals surface area contributed by atoms with Gasteiger partial charge in [0.2, 0.25) is 0 Å². The van der Waals surface area contributed by atoms with Gasteiger partial charge in [0.25, 0.3) is 0 Å². The predicted octanol–water partition coefficient (Wildman–Crippen LogP) is 13.1. The molecule has 0 amide bonds. The molecule has 4 nitrogen and oxygen atoms in total. The van der Waals surface area contributed by atoms with Gasteiger partial charge in [-0.25, -0.2) is 0 Å². The molecular formula is C47H51N3O. The molecule has 8 rings (SSSR count). The number of anilines is 3. The summed E-state index contributed by atoms with van der Waals surface area (Å²) in [5.41, 5.74) is 15.9. The molecule has 4 aromatic carbocycles. The summed E-state index contributed by atoms with van der Waals surface area (Å²) in [7, 11) is 0. The lowest BCUT2D eigenvalue weighted by molar-refractivity contribution is 0.492. The molecule has 0 radical (unpaired) electrons. The van der Waals surface area contributed by atoms with Crippen molar-refractivity contribution in [2.75, 3.05) is 9.80 Å². The van der Waals surface area contributed by atoms with Crippen molar-refractivity contribution in [1.29, 1.82) is 0 Å². The molecule has 0 saturated heterocycles. The van der Waals surface area contributed by atoms with E-state index >= 15 is 0 Å². The van der Waals surface area contributed by atoms with Crippen molar-refractivity contribution in [1.82, 2.24) is 0 Å². The molecule has 4 heteroatoms. The standard InChI is InChI=1S/C47H51N3O/c1-9-12-17-29(6)35-25-24-32-26-43-40(38-18-13-14-23-42(38)51-43)27-39(32)47-49(31(8)44(35)48-33(10-2)11-3)41-22-16-21-37-30(7)36-20-15-19-34(28(4)5)45(36)50(47)46(37)41/h12-23,26-28,30,35,44,47H,6,8-11,24-25H2,1-5,7H3/b17-12-. The van der Waals surface area contributed by atoms with E-state index < -0.39 is 0 Å². The molecule has 4 atom stereocenters. The SMILES string of the molecule is C=C(/C=C\CC)C1CCc2cc3oc4ccccc4c3cc2C2N(C(=C)C1N=C(CC)CC)c1cccc3c1N2c1c(C(C)C)cccc1C3C. The molecule has 4 unspecified atom stereocenters. The smallest absolute Gasteiger partial charge is 0.137 e. The number of benzene rings is 4. The predicted molar refractivity (Wildman–Crippen MR) is 217 cm³/mol. The number of allylic oxidation sites excluding steroid dienone is 2. The zero-order chi connectivity index (χ0) is 35.6. The fraction of sp³-hybridized carbons (Fsp3) is 0.340. The van der Waals surface area contributed by atoms with E-state index in [1.54, 1.807) is 0 Å². The zero-order valence-corrected chi connectivity index (χ0v) is 31.2. The topological polar surface area (TPSA) is 32.0 Å². The Hall–Kier alpha value is -4.83. The number of furan rings is 1. The Kier molecular flexibility index (Phi) is 8.53. The molecule has 51 heavy (non-hydrogen) atoms. The van der Waals surface area contributed by atoms with E-state index in [4.69, 9.17) is 22.6 Å². The second-order valence-corrected chi connectivity index (χ2v) is 15.0. The minimum atomic E-state index is -0.149. The summed E-state index contributed by atoms with van der Waals surface area (Å²) in [5.74, 6) is 0.717. The first kappa shape index (κ1) is 33.3. The monoisotopic (exact) mass is 673 g/mol. The molecular weight excluding hydrogens is 623 g/mol. The van der Waals surface area contributed by atoms with Gasteiger partial charge in [0.1, 0.15) is 17.3 Å². The Morgan fingerprint density at radius 2 is 1.63 bits per heavy atom. The van der Waals surface area contributed by atoms with Crippen LogP contribution in [0.1, 0.15) is 113 Å². The van der Waals surface area contributed by atoms with Crippen LogP contribution in [0.25, 0.3) is 21.9 Å². The highest BCUT2D eigenvalue weighted by Crippen LogP contribution is 2.62. The highest BCUT2D eigenvalue weighted by molar-refractivity contribution is 6.06. The molecule has 260 valence electrons. The van der Waals surface area contributed by atoms with Crippen LogP contribution in [0.5, 0.6) is 0 Å². The van der Waals surface area contributed by atoms with Crippen LogP contribution in [0.15, 0.2) is 119 Å². The highest BCUT2D eigenvalue weighted by Gasteiger charge is 2.48. The van der Waals surface area contributed by atoms with Gasteiger partial charge < -0.3 is 14.2 Å². The van der Waals surface area contributed by atoms with Crippen LogP contribution >= 0.6 is 0 Å². The fourth-order valence-corrected chi connectivity index (χ4v) is 9.09. The number of para-hydroxylation sites is 3. The van der Waals surface area contributed by atoms with Gasteiger partial charge in [0.05, 0.1) is 23.1 Å². The van der Waals surface area contributed by atoms with Crippen molar-refractivity contribution < 1.29 is 4.42 Å². The second kappa shape index (κ2) is 13.1. The molecule has 5 aromatic rings. The van der Waals surface area contributed by atoms with Crippen molar-refractivity contribution in [2.45, 2.75) is 97.7 Å². The molecule has 0 spiro atoms. The van der Waals surface area contributed by atoms with Gasteiger partial charge >= 0.3 is 0 Å². The summed E-state index contributed by atoms with van der Waals surface area (Å²) in [4.78, 5) is 10.9. The van der Waals surface area contributed by atoms with Gasteiger partial charge in [-0.1, -0.05) is 115 Å². The van der Waals surface area contributed by atoms with Crippen LogP contribution in [0.2, 0.25) is 0 Å². The summed E-state index contributed by atoms with van der Waals surface area (Å²) in [6, 6.07) is 26.9.